The number of carbonyl (C=O) groups is 3. The number of halogens is 2. The van der Waals surface area contributed by atoms with Crippen LogP contribution in [0.1, 0.15) is 44.4 Å². The normalized spacial score (nSPS) is 21.4. The third-order valence-corrected chi connectivity index (χ3v) is 7.94. The van der Waals surface area contributed by atoms with E-state index in [-0.39, 0.29) is 37.9 Å². The number of thiol groups is 1. The predicted octanol–water partition coefficient (Wildman–Crippen LogP) is 2.53. The Morgan fingerprint density at radius 1 is 1.35 bits per heavy atom. The van der Waals surface area contributed by atoms with Gasteiger partial charge in [-0.05, 0) is 45.2 Å². The largest absolute Gasteiger partial charge is 0.391 e. The molecule has 3 amide bonds. The molecule has 3 atom stereocenters. The van der Waals surface area contributed by atoms with E-state index in [0.717, 1.165) is 10.6 Å². The highest BCUT2D eigenvalue weighted by Gasteiger charge is 2.53. The number of thiazole rings is 1. The second-order valence-electron chi connectivity index (χ2n) is 10.2. The molecule has 8 nitrogen and oxygen atoms in total. The van der Waals surface area contributed by atoms with Crippen LogP contribution in [-0.4, -0.2) is 67.9 Å². The van der Waals surface area contributed by atoms with Crippen molar-refractivity contribution < 1.29 is 28.3 Å². The Balaban J connectivity index is 1.45. The third kappa shape index (κ3) is 5.96. The molecule has 2 fully saturated rings. The van der Waals surface area contributed by atoms with Crippen molar-refractivity contribution in [1.29, 1.82) is 0 Å². The first-order chi connectivity index (χ1) is 17.3. The SMILES string of the molecule is Cc1ncsc1-c1ccc(CNC(=O)[C@@H]2C[C@@H](O)CN2C(=O)C(NC(=O)C2(F)CC2)C(C)(C)S)c(F)c1. The van der Waals surface area contributed by atoms with E-state index in [1.54, 1.807) is 31.5 Å². The molecule has 200 valence electrons. The molecule has 0 radical (unpaired) electrons. The Morgan fingerprint density at radius 3 is 2.62 bits per heavy atom. The maximum Gasteiger partial charge on any atom is 0.258 e. The Morgan fingerprint density at radius 2 is 2.05 bits per heavy atom. The highest BCUT2D eigenvalue weighted by atomic mass is 32.1. The van der Waals surface area contributed by atoms with Crippen molar-refractivity contribution >= 4 is 41.7 Å². The van der Waals surface area contributed by atoms with E-state index in [1.807, 2.05) is 6.92 Å². The van der Waals surface area contributed by atoms with E-state index in [1.165, 1.54) is 22.3 Å². The zero-order valence-electron chi connectivity index (χ0n) is 20.8. The average Bonchev–Trinajstić information content (AvgIpc) is 3.23. The lowest BCUT2D eigenvalue weighted by Crippen LogP contribution is -2.60. The van der Waals surface area contributed by atoms with Gasteiger partial charge in [-0.25, -0.2) is 13.8 Å². The summed E-state index contributed by atoms with van der Waals surface area (Å²) in [5.74, 6) is -2.60. The van der Waals surface area contributed by atoms with Crippen molar-refractivity contribution in [3.05, 3.63) is 40.8 Å². The van der Waals surface area contributed by atoms with Crippen LogP contribution in [0.4, 0.5) is 8.78 Å². The molecule has 1 unspecified atom stereocenters. The van der Waals surface area contributed by atoms with Crippen LogP contribution >= 0.6 is 24.0 Å². The molecule has 0 bridgehead atoms. The first kappa shape index (κ1) is 27.5. The molecule has 1 aliphatic heterocycles. The quantitative estimate of drug-likeness (QED) is 0.376. The number of aliphatic hydroxyl groups is 1. The number of β-amino-alcohol motifs (C(OH)–C–C–N with tert-alkyl or cyclic N) is 1. The van der Waals surface area contributed by atoms with Crippen LogP contribution in [0.3, 0.4) is 0 Å². The van der Waals surface area contributed by atoms with Crippen LogP contribution in [-0.2, 0) is 20.9 Å². The second-order valence-corrected chi connectivity index (χ2v) is 12.2. The smallest absolute Gasteiger partial charge is 0.258 e. The number of carbonyl (C=O) groups excluding carboxylic acids is 3. The fourth-order valence-corrected chi connectivity index (χ4v) is 5.30. The fourth-order valence-electron chi connectivity index (χ4n) is 4.32. The molecule has 0 spiro atoms. The van der Waals surface area contributed by atoms with Crippen LogP contribution in [0.15, 0.2) is 23.7 Å². The molecule has 1 aromatic carbocycles. The molecule has 2 heterocycles. The van der Waals surface area contributed by atoms with Gasteiger partial charge in [-0.1, -0.05) is 12.1 Å². The van der Waals surface area contributed by atoms with E-state index in [9.17, 15) is 28.3 Å². The standard InChI is InChI=1S/C25H30F2N4O4S2/c1-13-19(37-12-29-13)14-4-5-15(17(26)8-14)10-28-21(33)18-9-16(32)11-31(18)22(34)20(24(2,3)36)30-23(35)25(27)6-7-25/h4-5,8,12,16,18,20,32,36H,6-7,9-11H2,1-3H3,(H,28,33)(H,30,35)/t16-,18+,20?/m1/s1. The number of hydrogen-bond acceptors (Lipinski definition) is 7. The van der Waals surface area contributed by atoms with E-state index >= 15 is 0 Å². The first-order valence-corrected chi connectivity index (χ1v) is 13.3. The summed E-state index contributed by atoms with van der Waals surface area (Å²) in [5, 5.41) is 15.3. The minimum Gasteiger partial charge on any atom is -0.391 e. The maximum atomic E-state index is 14.8. The fraction of sp³-hybridized carbons (Fsp3) is 0.520. The van der Waals surface area contributed by atoms with Crippen molar-refractivity contribution in [3.63, 3.8) is 0 Å². The van der Waals surface area contributed by atoms with Crippen molar-refractivity contribution in [2.24, 2.45) is 0 Å². The van der Waals surface area contributed by atoms with Gasteiger partial charge in [-0.15, -0.1) is 11.3 Å². The van der Waals surface area contributed by atoms with Gasteiger partial charge in [0.2, 0.25) is 11.8 Å². The van der Waals surface area contributed by atoms with Crippen LogP contribution < -0.4 is 10.6 Å². The molecule has 4 rings (SSSR count). The predicted molar refractivity (Wildman–Crippen MR) is 138 cm³/mol. The van der Waals surface area contributed by atoms with Gasteiger partial charge in [0, 0.05) is 29.8 Å². The number of nitrogens with one attached hydrogen (secondary N) is 2. The van der Waals surface area contributed by atoms with Gasteiger partial charge in [-0.3, -0.25) is 14.4 Å². The molecule has 2 aliphatic rings. The zero-order chi connectivity index (χ0) is 27.1. The van der Waals surface area contributed by atoms with Gasteiger partial charge in [0.1, 0.15) is 17.9 Å². The zero-order valence-corrected chi connectivity index (χ0v) is 22.5. The summed E-state index contributed by atoms with van der Waals surface area (Å²) in [5.41, 5.74) is 1.44. The van der Waals surface area contributed by atoms with Crippen molar-refractivity contribution in [2.75, 3.05) is 6.54 Å². The molecule has 37 heavy (non-hydrogen) atoms. The Bertz CT molecular complexity index is 1210. The first-order valence-electron chi connectivity index (χ1n) is 12.0. The van der Waals surface area contributed by atoms with E-state index in [2.05, 4.69) is 28.2 Å². The summed E-state index contributed by atoms with van der Waals surface area (Å²) in [4.78, 5) is 45.0. The topological polar surface area (TPSA) is 112 Å². The van der Waals surface area contributed by atoms with Crippen molar-refractivity contribution in [1.82, 2.24) is 20.5 Å². The van der Waals surface area contributed by atoms with E-state index in [4.69, 9.17) is 0 Å². The summed E-state index contributed by atoms with van der Waals surface area (Å²) in [6.07, 6.45) is -0.818. The number of amides is 3. The summed E-state index contributed by atoms with van der Waals surface area (Å²) >= 11 is 5.83. The number of aliphatic hydroxyl groups excluding tert-OH is 1. The summed E-state index contributed by atoms with van der Waals surface area (Å²) in [6.45, 7) is 4.78. The molecule has 1 aromatic heterocycles. The average molecular weight is 553 g/mol. The van der Waals surface area contributed by atoms with Gasteiger partial charge >= 0.3 is 0 Å². The minimum absolute atomic E-state index is 0.0234. The molecule has 1 saturated heterocycles. The third-order valence-electron chi connectivity index (χ3n) is 6.70. The number of benzene rings is 1. The van der Waals surface area contributed by atoms with Crippen LogP contribution in [0.5, 0.6) is 0 Å². The van der Waals surface area contributed by atoms with E-state index < -0.39 is 52.1 Å². The monoisotopic (exact) mass is 552 g/mol. The van der Waals surface area contributed by atoms with Crippen LogP contribution in [0, 0.1) is 12.7 Å². The number of aryl methyl sites for hydroxylation is 1. The van der Waals surface area contributed by atoms with Gasteiger partial charge in [0.15, 0.2) is 5.67 Å². The number of aromatic nitrogens is 1. The molecule has 12 heteroatoms. The second kappa shape index (κ2) is 10.3. The summed E-state index contributed by atoms with van der Waals surface area (Å²) in [6, 6.07) is 2.45. The molecule has 3 N–H and O–H groups in total. The van der Waals surface area contributed by atoms with Crippen molar-refractivity contribution in [3.8, 4) is 10.4 Å². The van der Waals surface area contributed by atoms with E-state index in [0.29, 0.717) is 5.56 Å². The Kier molecular flexibility index (Phi) is 7.64. The highest BCUT2D eigenvalue weighted by molar-refractivity contribution is 7.81. The Hall–Kier alpha value is -2.57. The highest BCUT2D eigenvalue weighted by Crippen LogP contribution is 2.40. The van der Waals surface area contributed by atoms with Gasteiger partial charge < -0.3 is 20.6 Å². The van der Waals surface area contributed by atoms with Crippen LogP contribution in [0.25, 0.3) is 10.4 Å². The molecule has 1 aliphatic carbocycles. The van der Waals surface area contributed by atoms with Gasteiger partial charge in [0.05, 0.1) is 22.2 Å². The maximum absolute atomic E-state index is 14.8. The number of alkyl halides is 1. The van der Waals surface area contributed by atoms with Crippen LogP contribution in [0.2, 0.25) is 0 Å². The summed E-state index contributed by atoms with van der Waals surface area (Å²) < 4.78 is 28.0. The lowest BCUT2D eigenvalue weighted by Gasteiger charge is -2.35. The van der Waals surface area contributed by atoms with Gasteiger partial charge in [-0.2, -0.15) is 12.6 Å². The molecular formula is C25H30F2N4O4S2. The molecular weight excluding hydrogens is 522 g/mol. The molecule has 1 saturated carbocycles. The lowest BCUT2D eigenvalue weighted by molar-refractivity contribution is -0.143. The summed E-state index contributed by atoms with van der Waals surface area (Å²) in [7, 11) is 0. The van der Waals surface area contributed by atoms with Crippen molar-refractivity contribution in [2.45, 2.75) is 75.2 Å². The number of hydrogen-bond donors (Lipinski definition) is 4. The number of rotatable bonds is 8. The Labute approximate surface area is 223 Å². The van der Waals surface area contributed by atoms with Gasteiger partial charge in [0.25, 0.3) is 5.91 Å². The minimum atomic E-state index is -1.99. The molecule has 2 aromatic rings. The number of likely N-dealkylation sites (tertiary alicyclic amines) is 1. The lowest BCUT2D eigenvalue weighted by atomic mass is 10.0. The number of nitrogens with zero attached hydrogens (tertiary/aromatic N) is 2.